The maximum absolute atomic E-state index is 4.81. The van der Waals surface area contributed by atoms with Gasteiger partial charge in [-0.25, -0.2) is 0 Å². The molecule has 0 bridgehead atoms. The Bertz CT molecular complexity index is 749. The van der Waals surface area contributed by atoms with Gasteiger partial charge in [-0.3, -0.25) is 0 Å². The molecule has 0 N–H and O–H groups in total. The summed E-state index contributed by atoms with van der Waals surface area (Å²) < 4.78 is 0. The summed E-state index contributed by atoms with van der Waals surface area (Å²) in [4.78, 5) is 0. The van der Waals surface area contributed by atoms with E-state index in [4.69, 9.17) is 19.1 Å². The predicted octanol–water partition coefficient (Wildman–Crippen LogP) is 10.8. The molecule has 0 atom stereocenters. The van der Waals surface area contributed by atoms with Gasteiger partial charge in [0.1, 0.15) is 0 Å². The van der Waals surface area contributed by atoms with E-state index in [-0.39, 0.29) is 31.8 Å². The number of hydrogen-bond donors (Lipinski definition) is 0. The van der Waals surface area contributed by atoms with Gasteiger partial charge in [-0.15, -0.1) is 0 Å². The molecule has 0 amide bonds. The zero-order chi connectivity index (χ0) is 27.8. The first-order valence-electron chi connectivity index (χ1n) is 12.2. The van der Waals surface area contributed by atoms with Crippen LogP contribution in [0.15, 0.2) is 48.5 Å². The van der Waals surface area contributed by atoms with E-state index in [1.807, 2.05) is 0 Å². The molecule has 2 rings (SSSR count). The molecule has 0 aliphatic carbocycles. The number of halogens is 2. The Balaban J connectivity index is 0.000000594. The Kier molecular flexibility index (Phi) is 14.9. The standard InChI is InChI=1S/2C15H25P.2ClH.Pd/c2*1-12-8-10-13(11-9-12)16(14(2,3)4)15(5,6)7;;;/h2*8-11H,1-7H3;2*1H;/q;;;;+2/p-2. The van der Waals surface area contributed by atoms with Gasteiger partial charge >= 0.3 is 35.0 Å². The van der Waals surface area contributed by atoms with Crippen LogP contribution in [0, 0.1) is 13.8 Å². The molecule has 0 radical (unpaired) electrons. The Labute approximate surface area is 237 Å². The van der Waals surface area contributed by atoms with E-state index in [0.29, 0.717) is 20.6 Å². The van der Waals surface area contributed by atoms with Crippen LogP contribution in [0.2, 0.25) is 0 Å². The molecule has 5 heteroatoms. The first-order valence-corrected chi connectivity index (χ1v) is 18.9. The van der Waals surface area contributed by atoms with Gasteiger partial charge < -0.3 is 0 Å². The monoisotopic (exact) mass is 648 g/mol. The van der Waals surface area contributed by atoms with Gasteiger partial charge in [0.2, 0.25) is 0 Å². The fraction of sp³-hybridized carbons (Fsp3) is 0.600. The number of hydrogen-bond acceptors (Lipinski definition) is 0. The van der Waals surface area contributed by atoms with Crippen molar-refractivity contribution < 1.29 is 15.9 Å². The third kappa shape index (κ3) is 13.3. The Hall–Kier alpha value is 0.542. The molecule has 0 aliphatic heterocycles. The summed E-state index contributed by atoms with van der Waals surface area (Å²) in [6.07, 6.45) is 0. The van der Waals surface area contributed by atoms with Crippen LogP contribution < -0.4 is 10.6 Å². The summed E-state index contributed by atoms with van der Waals surface area (Å²) in [5.74, 6) is 0. The quantitative estimate of drug-likeness (QED) is 0.224. The van der Waals surface area contributed by atoms with E-state index >= 15 is 0 Å². The molecule has 2 aromatic carbocycles. The Morgan fingerprint density at radius 3 is 0.771 bits per heavy atom. The van der Waals surface area contributed by atoms with Crippen LogP contribution in [0.5, 0.6) is 0 Å². The SMILES string of the molecule is Cc1ccc(P(C(C)(C)C)C(C)(C)C)cc1.Cc1ccc(P(C(C)(C)C)C(C)(C)C)cc1.[Cl][Pd][Cl]. The van der Waals surface area contributed by atoms with Gasteiger partial charge in [0.15, 0.2) is 0 Å². The van der Waals surface area contributed by atoms with Crippen LogP contribution >= 0.6 is 34.9 Å². The molecule has 0 aromatic heterocycles. The fourth-order valence-corrected chi connectivity index (χ4v) is 13.0. The molecule has 0 saturated heterocycles. The van der Waals surface area contributed by atoms with E-state index < -0.39 is 0 Å². The molecule has 0 heterocycles. The average molecular weight is 650 g/mol. The van der Waals surface area contributed by atoms with Crippen molar-refractivity contribution in [2.45, 2.75) is 118 Å². The number of benzene rings is 2. The van der Waals surface area contributed by atoms with Crippen molar-refractivity contribution in [3.05, 3.63) is 59.7 Å². The molecule has 204 valence electrons. The van der Waals surface area contributed by atoms with Gasteiger partial charge in [-0.2, -0.15) is 0 Å². The summed E-state index contributed by atoms with van der Waals surface area (Å²) in [5, 5.41) is 4.51. The number of aryl methyl sites for hydroxylation is 2. The first-order chi connectivity index (χ1) is 15.7. The molecular formula is C30H50Cl2P2Pd. The summed E-state index contributed by atoms with van der Waals surface area (Å²) in [6, 6.07) is 18.2. The molecule has 0 nitrogen and oxygen atoms in total. The van der Waals surface area contributed by atoms with Crippen LogP contribution in [0.4, 0.5) is 0 Å². The average Bonchev–Trinajstić information content (AvgIpc) is 2.62. The van der Waals surface area contributed by atoms with Crippen molar-refractivity contribution in [1.29, 1.82) is 0 Å². The van der Waals surface area contributed by atoms with Crippen LogP contribution in [0.25, 0.3) is 0 Å². The third-order valence-electron chi connectivity index (χ3n) is 5.27. The second-order valence-corrected chi connectivity index (χ2v) is 23.2. The Morgan fingerprint density at radius 2 is 0.629 bits per heavy atom. The van der Waals surface area contributed by atoms with E-state index in [9.17, 15) is 0 Å². The summed E-state index contributed by atoms with van der Waals surface area (Å²) in [5.41, 5.74) is 2.70. The molecule has 35 heavy (non-hydrogen) atoms. The predicted molar refractivity (Wildman–Crippen MR) is 166 cm³/mol. The fourth-order valence-electron chi connectivity index (χ4n) is 4.95. The van der Waals surface area contributed by atoms with Gasteiger partial charge in [0, 0.05) is 0 Å². The van der Waals surface area contributed by atoms with Gasteiger partial charge in [-0.1, -0.05) is 159 Å². The molecule has 0 fully saturated rings. The molecule has 0 aliphatic rings. The van der Waals surface area contributed by atoms with E-state index in [0.717, 1.165) is 0 Å². The van der Waals surface area contributed by atoms with Crippen molar-refractivity contribution >= 4 is 45.5 Å². The van der Waals surface area contributed by atoms with Crippen molar-refractivity contribution in [3.63, 3.8) is 0 Å². The van der Waals surface area contributed by atoms with Crippen molar-refractivity contribution in [2.75, 3.05) is 0 Å². The topological polar surface area (TPSA) is 0 Å². The number of rotatable bonds is 2. The minimum atomic E-state index is -0.150. The Morgan fingerprint density at radius 1 is 0.457 bits per heavy atom. The summed E-state index contributed by atoms with van der Waals surface area (Å²) in [7, 11) is 9.33. The summed E-state index contributed by atoms with van der Waals surface area (Å²) in [6.45, 7) is 32.7. The second kappa shape index (κ2) is 14.6. The van der Waals surface area contributed by atoms with Gasteiger partial charge in [-0.05, 0) is 45.1 Å². The van der Waals surface area contributed by atoms with E-state index in [1.54, 1.807) is 0 Å². The molecule has 0 unspecified atom stereocenters. The summed E-state index contributed by atoms with van der Waals surface area (Å²) >= 11 is -0.106. The molecule has 0 spiro atoms. The molecule has 0 saturated carbocycles. The van der Waals surface area contributed by atoms with Crippen LogP contribution in [-0.2, 0) is 15.9 Å². The van der Waals surface area contributed by atoms with Crippen molar-refractivity contribution in [1.82, 2.24) is 0 Å². The van der Waals surface area contributed by atoms with Crippen molar-refractivity contribution in [3.8, 4) is 0 Å². The van der Waals surface area contributed by atoms with Crippen LogP contribution in [0.3, 0.4) is 0 Å². The molecule has 2 aromatic rings. The third-order valence-corrected chi connectivity index (χ3v) is 12.3. The van der Waals surface area contributed by atoms with Crippen molar-refractivity contribution in [2.24, 2.45) is 0 Å². The van der Waals surface area contributed by atoms with E-state index in [2.05, 4.69) is 145 Å². The van der Waals surface area contributed by atoms with Crippen LogP contribution in [0.1, 0.15) is 94.2 Å². The van der Waals surface area contributed by atoms with Crippen LogP contribution in [-0.4, -0.2) is 20.6 Å². The second-order valence-electron chi connectivity index (χ2n) is 13.1. The van der Waals surface area contributed by atoms with E-state index in [1.165, 1.54) is 21.7 Å². The zero-order valence-electron chi connectivity index (χ0n) is 24.6. The first kappa shape index (κ1) is 35.5. The molecular weight excluding hydrogens is 600 g/mol. The van der Waals surface area contributed by atoms with Gasteiger partial charge in [0.25, 0.3) is 0 Å². The zero-order valence-corrected chi connectivity index (χ0v) is 29.4. The normalized spacial score (nSPS) is 12.7. The minimum absolute atomic E-state index is 0.106. The maximum atomic E-state index is 4.81. The van der Waals surface area contributed by atoms with Gasteiger partial charge in [0.05, 0.1) is 0 Å².